The SMILES string of the molecule is N[C@@H](CC(F)(F)F)c1ccc(F)cc1Br. The van der Waals surface area contributed by atoms with Crippen LogP contribution in [0.25, 0.3) is 0 Å². The van der Waals surface area contributed by atoms with Crippen molar-refractivity contribution in [2.75, 3.05) is 0 Å². The second-order valence-corrected chi connectivity index (χ2v) is 3.95. The van der Waals surface area contributed by atoms with Gasteiger partial charge in [-0.1, -0.05) is 22.0 Å². The highest BCUT2D eigenvalue weighted by molar-refractivity contribution is 9.10. The highest BCUT2D eigenvalue weighted by atomic mass is 79.9. The molecular weight excluding hydrogens is 278 g/mol. The maximum atomic E-state index is 12.7. The van der Waals surface area contributed by atoms with Crippen molar-refractivity contribution in [3.05, 3.63) is 34.1 Å². The Bertz CT molecular complexity index is 350. The summed E-state index contributed by atoms with van der Waals surface area (Å²) in [5.74, 6) is -0.523. The molecule has 1 aromatic carbocycles. The summed E-state index contributed by atoms with van der Waals surface area (Å²) in [6.45, 7) is 0. The predicted octanol–water partition coefficient (Wildman–Crippen LogP) is 3.54. The molecule has 1 atom stereocenters. The highest BCUT2D eigenvalue weighted by Crippen LogP contribution is 2.31. The standard InChI is InChI=1S/C9H8BrF4N/c10-7-3-5(11)1-2-6(7)8(15)4-9(12,13)14/h1-3,8H,4,15H2/t8-/m0/s1. The van der Waals surface area contributed by atoms with Crippen LogP contribution in [0, 0.1) is 5.82 Å². The Hall–Kier alpha value is -0.620. The Kier molecular flexibility index (Phi) is 3.72. The first kappa shape index (κ1) is 12.4. The summed E-state index contributed by atoms with van der Waals surface area (Å²) < 4.78 is 49.0. The van der Waals surface area contributed by atoms with E-state index in [0.717, 1.165) is 12.1 Å². The van der Waals surface area contributed by atoms with Gasteiger partial charge in [-0.2, -0.15) is 13.2 Å². The van der Waals surface area contributed by atoms with E-state index in [1.165, 1.54) is 6.07 Å². The number of alkyl halides is 3. The molecule has 0 radical (unpaired) electrons. The molecule has 6 heteroatoms. The number of halogens is 5. The van der Waals surface area contributed by atoms with E-state index >= 15 is 0 Å². The molecule has 0 fully saturated rings. The Labute approximate surface area is 92.4 Å². The average molecular weight is 286 g/mol. The molecule has 0 saturated carbocycles. The lowest BCUT2D eigenvalue weighted by Gasteiger charge is -2.15. The maximum absolute atomic E-state index is 12.7. The van der Waals surface area contributed by atoms with Crippen LogP contribution < -0.4 is 5.73 Å². The Morgan fingerprint density at radius 2 is 1.93 bits per heavy atom. The van der Waals surface area contributed by atoms with Crippen LogP contribution in [-0.2, 0) is 0 Å². The number of hydrogen-bond acceptors (Lipinski definition) is 1. The van der Waals surface area contributed by atoms with E-state index in [9.17, 15) is 17.6 Å². The summed E-state index contributed by atoms with van der Waals surface area (Å²) in [6.07, 6.45) is -5.45. The fourth-order valence-electron chi connectivity index (χ4n) is 1.16. The van der Waals surface area contributed by atoms with Gasteiger partial charge in [-0.25, -0.2) is 4.39 Å². The maximum Gasteiger partial charge on any atom is 0.390 e. The molecule has 15 heavy (non-hydrogen) atoms. The molecule has 84 valence electrons. The first-order chi connectivity index (χ1) is 6.79. The number of rotatable bonds is 2. The summed E-state index contributed by atoms with van der Waals surface area (Å²) in [7, 11) is 0. The van der Waals surface area contributed by atoms with Crippen LogP contribution in [0.5, 0.6) is 0 Å². The van der Waals surface area contributed by atoms with Crippen molar-refractivity contribution in [1.82, 2.24) is 0 Å². The number of hydrogen-bond donors (Lipinski definition) is 1. The number of nitrogens with two attached hydrogens (primary N) is 1. The van der Waals surface area contributed by atoms with Gasteiger partial charge in [0.1, 0.15) is 5.82 Å². The van der Waals surface area contributed by atoms with Gasteiger partial charge in [-0.3, -0.25) is 0 Å². The van der Waals surface area contributed by atoms with Crippen LogP contribution in [0.2, 0.25) is 0 Å². The number of benzene rings is 1. The zero-order valence-corrected chi connectivity index (χ0v) is 9.07. The van der Waals surface area contributed by atoms with E-state index in [4.69, 9.17) is 5.73 Å². The van der Waals surface area contributed by atoms with Crippen LogP contribution in [0.15, 0.2) is 22.7 Å². The lowest BCUT2D eigenvalue weighted by Crippen LogP contribution is -2.20. The Balaban J connectivity index is 2.87. The average Bonchev–Trinajstić information content (AvgIpc) is 1.99. The summed E-state index contributed by atoms with van der Waals surface area (Å²) >= 11 is 2.97. The van der Waals surface area contributed by atoms with Gasteiger partial charge in [0, 0.05) is 10.5 Å². The highest BCUT2D eigenvalue weighted by Gasteiger charge is 2.31. The minimum atomic E-state index is -4.33. The van der Waals surface area contributed by atoms with Crippen LogP contribution >= 0.6 is 15.9 Å². The van der Waals surface area contributed by atoms with E-state index in [1.54, 1.807) is 0 Å². The third kappa shape index (κ3) is 3.79. The second kappa shape index (κ2) is 4.49. The van der Waals surface area contributed by atoms with E-state index in [1.807, 2.05) is 0 Å². The molecule has 0 saturated heterocycles. The Morgan fingerprint density at radius 1 is 1.33 bits per heavy atom. The van der Waals surface area contributed by atoms with Gasteiger partial charge in [0.05, 0.1) is 6.42 Å². The lowest BCUT2D eigenvalue weighted by atomic mass is 10.0. The molecule has 2 N–H and O–H groups in total. The van der Waals surface area contributed by atoms with Crippen molar-refractivity contribution in [2.45, 2.75) is 18.6 Å². The van der Waals surface area contributed by atoms with Crippen molar-refractivity contribution in [3.63, 3.8) is 0 Å². The van der Waals surface area contributed by atoms with Gasteiger partial charge >= 0.3 is 6.18 Å². The van der Waals surface area contributed by atoms with Gasteiger partial charge < -0.3 is 5.73 Å². The van der Waals surface area contributed by atoms with Gasteiger partial charge in [0.15, 0.2) is 0 Å². The smallest absolute Gasteiger partial charge is 0.324 e. The molecule has 1 aromatic rings. The third-order valence-electron chi connectivity index (χ3n) is 1.81. The second-order valence-electron chi connectivity index (χ2n) is 3.09. The molecule has 0 spiro atoms. The van der Waals surface area contributed by atoms with Crippen molar-refractivity contribution in [2.24, 2.45) is 5.73 Å². The van der Waals surface area contributed by atoms with Gasteiger partial charge in [0.2, 0.25) is 0 Å². The normalized spacial score (nSPS) is 14.0. The van der Waals surface area contributed by atoms with Crippen LogP contribution in [0.4, 0.5) is 17.6 Å². The van der Waals surface area contributed by atoms with E-state index < -0.39 is 24.5 Å². The molecule has 1 nitrogen and oxygen atoms in total. The largest absolute Gasteiger partial charge is 0.390 e. The Morgan fingerprint density at radius 3 is 2.40 bits per heavy atom. The molecule has 0 bridgehead atoms. The monoisotopic (exact) mass is 285 g/mol. The minimum absolute atomic E-state index is 0.244. The summed E-state index contributed by atoms with van der Waals surface area (Å²) in [5.41, 5.74) is 5.60. The zero-order chi connectivity index (χ0) is 11.6. The molecule has 0 aromatic heterocycles. The van der Waals surface area contributed by atoms with Gasteiger partial charge in [-0.15, -0.1) is 0 Å². The van der Waals surface area contributed by atoms with Crippen LogP contribution in [0.1, 0.15) is 18.0 Å². The molecule has 0 aliphatic rings. The molecule has 0 aliphatic carbocycles. The van der Waals surface area contributed by atoms with Crippen molar-refractivity contribution in [3.8, 4) is 0 Å². The van der Waals surface area contributed by atoms with E-state index in [-0.39, 0.29) is 10.0 Å². The van der Waals surface area contributed by atoms with Crippen LogP contribution in [-0.4, -0.2) is 6.18 Å². The summed E-state index contributed by atoms with van der Waals surface area (Å²) in [5, 5.41) is 0. The quantitative estimate of drug-likeness (QED) is 0.827. The fourth-order valence-corrected chi connectivity index (χ4v) is 1.81. The van der Waals surface area contributed by atoms with Gasteiger partial charge in [-0.05, 0) is 17.7 Å². The summed E-state index contributed by atoms with van der Waals surface area (Å²) in [4.78, 5) is 0. The zero-order valence-electron chi connectivity index (χ0n) is 7.48. The molecular formula is C9H8BrF4N. The molecule has 0 unspecified atom stereocenters. The molecule has 0 amide bonds. The third-order valence-corrected chi connectivity index (χ3v) is 2.50. The van der Waals surface area contributed by atoms with Crippen molar-refractivity contribution in [1.29, 1.82) is 0 Å². The van der Waals surface area contributed by atoms with Crippen molar-refractivity contribution >= 4 is 15.9 Å². The van der Waals surface area contributed by atoms with Crippen molar-refractivity contribution < 1.29 is 17.6 Å². The van der Waals surface area contributed by atoms with Crippen LogP contribution in [0.3, 0.4) is 0 Å². The molecule has 1 rings (SSSR count). The first-order valence-electron chi connectivity index (χ1n) is 4.07. The topological polar surface area (TPSA) is 26.0 Å². The first-order valence-corrected chi connectivity index (χ1v) is 4.86. The molecule has 0 heterocycles. The molecule has 0 aliphatic heterocycles. The van der Waals surface area contributed by atoms with Gasteiger partial charge in [0.25, 0.3) is 0 Å². The van der Waals surface area contributed by atoms with E-state index in [2.05, 4.69) is 15.9 Å². The summed E-state index contributed by atoms with van der Waals surface area (Å²) in [6, 6.07) is 2.23. The minimum Gasteiger partial charge on any atom is -0.324 e. The van der Waals surface area contributed by atoms with E-state index in [0.29, 0.717) is 0 Å². The predicted molar refractivity (Wildman–Crippen MR) is 51.7 cm³/mol. The fraction of sp³-hybridized carbons (Fsp3) is 0.333. The lowest BCUT2D eigenvalue weighted by molar-refractivity contribution is -0.138.